The maximum absolute atomic E-state index is 5.24. The molecule has 0 bridgehead atoms. The van der Waals surface area contributed by atoms with E-state index in [0.717, 1.165) is 16.8 Å². The highest BCUT2D eigenvalue weighted by Crippen LogP contribution is 2.23. The second-order valence-corrected chi connectivity index (χ2v) is 3.68. The van der Waals surface area contributed by atoms with E-state index in [1.54, 1.807) is 12.4 Å². The number of rotatable bonds is 2. The number of nitrogens with one attached hydrogen (secondary N) is 1. The third kappa shape index (κ3) is 1.71. The average molecular weight is 226 g/mol. The Morgan fingerprint density at radius 1 is 1.29 bits per heavy atom. The maximum Gasteiger partial charge on any atom is 0.260 e. The van der Waals surface area contributed by atoms with Crippen molar-refractivity contribution in [3.63, 3.8) is 0 Å². The number of hydrogen-bond donors (Lipinski definition) is 1. The lowest BCUT2D eigenvalue weighted by Gasteiger charge is -1.91. The van der Waals surface area contributed by atoms with Gasteiger partial charge in [-0.25, -0.2) is 0 Å². The Morgan fingerprint density at radius 3 is 2.94 bits per heavy atom. The number of nitrogens with zero attached hydrogens (tertiary/aromatic N) is 3. The van der Waals surface area contributed by atoms with Crippen LogP contribution < -0.4 is 0 Å². The second-order valence-electron chi connectivity index (χ2n) is 3.68. The zero-order valence-electron chi connectivity index (χ0n) is 9.21. The van der Waals surface area contributed by atoms with E-state index in [0.29, 0.717) is 11.7 Å². The van der Waals surface area contributed by atoms with E-state index in [1.807, 2.05) is 31.3 Å². The van der Waals surface area contributed by atoms with Crippen molar-refractivity contribution in [1.29, 1.82) is 0 Å². The highest BCUT2D eigenvalue weighted by molar-refractivity contribution is 5.60. The molecule has 0 radical (unpaired) electrons. The van der Waals surface area contributed by atoms with Gasteiger partial charge in [0.25, 0.3) is 5.89 Å². The van der Waals surface area contributed by atoms with Crippen molar-refractivity contribution in [2.45, 2.75) is 6.92 Å². The molecule has 3 rings (SSSR count). The summed E-state index contributed by atoms with van der Waals surface area (Å²) in [5.41, 5.74) is 2.77. The minimum absolute atomic E-state index is 0.516. The number of aryl methyl sites for hydroxylation is 1. The lowest BCUT2D eigenvalue weighted by molar-refractivity contribution is 0.432. The summed E-state index contributed by atoms with van der Waals surface area (Å²) >= 11 is 0. The van der Waals surface area contributed by atoms with Crippen LogP contribution in [-0.2, 0) is 0 Å². The van der Waals surface area contributed by atoms with Gasteiger partial charge in [0, 0.05) is 29.8 Å². The summed E-state index contributed by atoms with van der Waals surface area (Å²) < 4.78 is 5.24. The van der Waals surface area contributed by atoms with Crippen LogP contribution in [0.2, 0.25) is 0 Å². The van der Waals surface area contributed by atoms with Crippen LogP contribution in [0.15, 0.2) is 41.3 Å². The lowest BCUT2D eigenvalue weighted by Crippen LogP contribution is -1.82. The minimum atomic E-state index is 0.516. The van der Waals surface area contributed by atoms with Crippen LogP contribution >= 0.6 is 0 Å². The first-order valence-electron chi connectivity index (χ1n) is 5.23. The number of aromatic amines is 1. The van der Waals surface area contributed by atoms with Gasteiger partial charge in [0.05, 0.1) is 5.56 Å². The summed E-state index contributed by atoms with van der Waals surface area (Å²) in [5, 5.41) is 3.94. The predicted molar refractivity (Wildman–Crippen MR) is 62.1 cm³/mol. The van der Waals surface area contributed by atoms with E-state index in [4.69, 9.17) is 4.52 Å². The number of H-pyrrole nitrogens is 1. The van der Waals surface area contributed by atoms with Crippen LogP contribution in [0.3, 0.4) is 0 Å². The molecule has 5 nitrogen and oxygen atoms in total. The first kappa shape index (κ1) is 9.77. The molecule has 3 heterocycles. The van der Waals surface area contributed by atoms with Crippen LogP contribution in [0.1, 0.15) is 5.69 Å². The van der Waals surface area contributed by atoms with Gasteiger partial charge in [-0.2, -0.15) is 4.98 Å². The third-order valence-electron chi connectivity index (χ3n) is 2.53. The standard InChI is InChI=1S/C12H10N4O/c1-8-10(4-6-14-8)12-15-11(16-17-12)9-3-2-5-13-7-9/h2-7,14H,1H3. The Labute approximate surface area is 97.5 Å². The summed E-state index contributed by atoms with van der Waals surface area (Å²) in [6.45, 7) is 1.96. The molecule has 3 aromatic heterocycles. The monoisotopic (exact) mass is 226 g/mol. The Kier molecular flexibility index (Phi) is 2.22. The third-order valence-corrected chi connectivity index (χ3v) is 2.53. The molecular weight excluding hydrogens is 216 g/mol. The van der Waals surface area contributed by atoms with E-state index in [1.165, 1.54) is 0 Å². The van der Waals surface area contributed by atoms with Crippen molar-refractivity contribution in [3.05, 3.63) is 42.5 Å². The van der Waals surface area contributed by atoms with Crippen molar-refractivity contribution >= 4 is 0 Å². The Hall–Kier alpha value is -2.43. The Bertz CT molecular complexity index is 627. The summed E-state index contributed by atoms with van der Waals surface area (Å²) in [5.74, 6) is 1.07. The fraction of sp³-hybridized carbons (Fsp3) is 0.0833. The molecule has 0 amide bonds. The van der Waals surface area contributed by atoms with Crippen molar-refractivity contribution in [2.75, 3.05) is 0 Å². The van der Waals surface area contributed by atoms with Gasteiger partial charge >= 0.3 is 0 Å². The van der Waals surface area contributed by atoms with Crippen LogP contribution in [0.25, 0.3) is 22.8 Å². The molecule has 5 heteroatoms. The number of pyridine rings is 1. The molecule has 0 aliphatic rings. The van der Waals surface area contributed by atoms with Crippen LogP contribution in [-0.4, -0.2) is 20.1 Å². The van der Waals surface area contributed by atoms with Gasteiger partial charge < -0.3 is 9.51 Å². The van der Waals surface area contributed by atoms with Crippen molar-refractivity contribution in [1.82, 2.24) is 20.1 Å². The van der Waals surface area contributed by atoms with Gasteiger partial charge in [-0.1, -0.05) is 5.16 Å². The smallest absolute Gasteiger partial charge is 0.260 e. The molecule has 3 aromatic rings. The van der Waals surface area contributed by atoms with Crippen molar-refractivity contribution in [3.8, 4) is 22.8 Å². The zero-order valence-corrected chi connectivity index (χ0v) is 9.21. The fourth-order valence-electron chi connectivity index (χ4n) is 1.63. The van der Waals surface area contributed by atoms with E-state index in [2.05, 4.69) is 20.1 Å². The van der Waals surface area contributed by atoms with Crippen molar-refractivity contribution < 1.29 is 4.52 Å². The Morgan fingerprint density at radius 2 is 2.24 bits per heavy atom. The molecule has 0 unspecified atom stereocenters. The molecule has 0 saturated carbocycles. The fourth-order valence-corrected chi connectivity index (χ4v) is 1.63. The summed E-state index contributed by atoms with van der Waals surface area (Å²) in [6, 6.07) is 5.65. The summed E-state index contributed by atoms with van der Waals surface area (Å²) in [7, 11) is 0. The van der Waals surface area contributed by atoms with Gasteiger partial charge in [0.2, 0.25) is 5.82 Å². The normalized spacial score (nSPS) is 10.6. The molecule has 0 fully saturated rings. The Balaban J connectivity index is 2.02. The van der Waals surface area contributed by atoms with Crippen LogP contribution in [0.5, 0.6) is 0 Å². The van der Waals surface area contributed by atoms with Crippen molar-refractivity contribution in [2.24, 2.45) is 0 Å². The van der Waals surface area contributed by atoms with Gasteiger partial charge in [0.15, 0.2) is 0 Å². The van der Waals surface area contributed by atoms with Crippen LogP contribution in [0, 0.1) is 6.92 Å². The zero-order chi connectivity index (χ0) is 11.7. The highest BCUT2D eigenvalue weighted by atomic mass is 16.5. The van der Waals surface area contributed by atoms with E-state index >= 15 is 0 Å². The molecule has 0 atom stereocenters. The minimum Gasteiger partial charge on any atom is -0.365 e. The molecule has 84 valence electrons. The van der Waals surface area contributed by atoms with E-state index in [9.17, 15) is 0 Å². The highest BCUT2D eigenvalue weighted by Gasteiger charge is 2.12. The van der Waals surface area contributed by atoms with Gasteiger partial charge in [-0.3, -0.25) is 4.98 Å². The van der Waals surface area contributed by atoms with Gasteiger partial charge in [0.1, 0.15) is 0 Å². The molecular formula is C12H10N4O. The summed E-state index contributed by atoms with van der Waals surface area (Å²) in [6.07, 6.45) is 5.26. The van der Waals surface area contributed by atoms with E-state index < -0.39 is 0 Å². The largest absolute Gasteiger partial charge is 0.365 e. The maximum atomic E-state index is 5.24. The molecule has 0 saturated heterocycles. The van der Waals surface area contributed by atoms with E-state index in [-0.39, 0.29) is 0 Å². The molecule has 0 aromatic carbocycles. The van der Waals surface area contributed by atoms with Gasteiger partial charge in [-0.05, 0) is 25.1 Å². The number of aromatic nitrogens is 4. The summed E-state index contributed by atoms with van der Waals surface area (Å²) in [4.78, 5) is 11.4. The lowest BCUT2D eigenvalue weighted by atomic mass is 10.2. The number of hydrogen-bond acceptors (Lipinski definition) is 4. The molecule has 17 heavy (non-hydrogen) atoms. The quantitative estimate of drug-likeness (QED) is 0.728. The topological polar surface area (TPSA) is 67.6 Å². The van der Waals surface area contributed by atoms with Gasteiger partial charge in [-0.15, -0.1) is 0 Å². The van der Waals surface area contributed by atoms with Crippen LogP contribution in [0.4, 0.5) is 0 Å². The first-order valence-corrected chi connectivity index (χ1v) is 5.23. The molecule has 0 aliphatic carbocycles. The molecule has 1 N–H and O–H groups in total. The molecule has 0 spiro atoms. The second kappa shape index (κ2) is 3.86. The SMILES string of the molecule is Cc1[nH]ccc1-c1nc(-c2cccnc2)no1. The first-order chi connectivity index (χ1) is 8.34. The molecule has 0 aliphatic heterocycles. The average Bonchev–Trinajstić information content (AvgIpc) is 2.98. The predicted octanol–water partition coefficient (Wildman–Crippen LogP) is 2.44.